The molecule has 2 aromatic rings. The maximum Gasteiger partial charge on any atom is 0.165 e. The van der Waals surface area contributed by atoms with Gasteiger partial charge >= 0.3 is 0 Å². The standard InChI is InChI=1S/C16H19FN2O/c1-10-4-5-11(2)13(8-10)16(19-18)12-6-7-14(17)15(9-12)20-3/h4-9,16,19H,18H2,1-3H3. The number of hydrazine groups is 1. The van der Waals surface area contributed by atoms with Crippen molar-refractivity contribution in [1.29, 1.82) is 0 Å². The minimum Gasteiger partial charge on any atom is -0.494 e. The minimum atomic E-state index is -0.381. The molecule has 1 atom stereocenters. The highest BCUT2D eigenvalue weighted by molar-refractivity contribution is 5.41. The number of nitrogens with one attached hydrogen (secondary N) is 1. The summed E-state index contributed by atoms with van der Waals surface area (Å²) in [4.78, 5) is 0. The average Bonchev–Trinajstić information content (AvgIpc) is 2.45. The Morgan fingerprint density at radius 1 is 1.15 bits per heavy atom. The normalized spacial score (nSPS) is 12.2. The van der Waals surface area contributed by atoms with Gasteiger partial charge in [-0.1, -0.05) is 29.8 Å². The monoisotopic (exact) mass is 274 g/mol. The van der Waals surface area contributed by atoms with Gasteiger partial charge in [-0.3, -0.25) is 5.84 Å². The number of rotatable bonds is 4. The fourth-order valence-corrected chi connectivity index (χ4v) is 2.29. The Kier molecular flexibility index (Phi) is 4.37. The highest BCUT2D eigenvalue weighted by Gasteiger charge is 2.16. The Labute approximate surface area is 118 Å². The van der Waals surface area contributed by atoms with Crippen molar-refractivity contribution in [3.63, 3.8) is 0 Å². The second kappa shape index (κ2) is 6.03. The molecule has 2 aromatic carbocycles. The first-order valence-corrected chi connectivity index (χ1v) is 6.43. The van der Waals surface area contributed by atoms with Crippen LogP contribution in [-0.2, 0) is 0 Å². The van der Waals surface area contributed by atoms with Crippen LogP contribution in [0.3, 0.4) is 0 Å². The van der Waals surface area contributed by atoms with Gasteiger partial charge in [0, 0.05) is 0 Å². The van der Waals surface area contributed by atoms with Crippen LogP contribution in [0, 0.1) is 19.7 Å². The second-order valence-electron chi connectivity index (χ2n) is 4.85. The van der Waals surface area contributed by atoms with E-state index in [0.717, 1.165) is 22.3 Å². The fourth-order valence-electron chi connectivity index (χ4n) is 2.29. The number of hydrogen-bond donors (Lipinski definition) is 2. The molecule has 0 saturated carbocycles. The molecule has 106 valence electrons. The SMILES string of the molecule is COc1cc(C(NN)c2cc(C)ccc2C)ccc1F. The van der Waals surface area contributed by atoms with Gasteiger partial charge in [-0.2, -0.15) is 0 Å². The highest BCUT2D eigenvalue weighted by atomic mass is 19.1. The summed E-state index contributed by atoms with van der Waals surface area (Å²) in [5.74, 6) is 5.54. The number of methoxy groups -OCH3 is 1. The fraction of sp³-hybridized carbons (Fsp3) is 0.250. The van der Waals surface area contributed by atoms with Crippen LogP contribution in [0.1, 0.15) is 28.3 Å². The lowest BCUT2D eigenvalue weighted by Gasteiger charge is -2.20. The van der Waals surface area contributed by atoms with Crippen molar-refractivity contribution in [2.45, 2.75) is 19.9 Å². The van der Waals surface area contributed by atoms with Crippen LogP contribution in [0.2, 0.25) is 0 Å². The summed E-state index contributed by atoms with van der Waals surface area (Å²) in [7, 11) is 1.45. The van der Waals surface area contributed by atoms with Gasteiger partial charge in [-0.15, -0.1) is 0 Å². The van der Waals surface area contributed by atoms with E-state index in [0.29, 0.717) is 0 Å². The maximum absolute atomic E-state index is 13.5. The Bertz CT molecular complexity index is 613. The summed E-state index contributed by atoms with van der Waals surface area (Å²) in [5.41, 5.74) is 7.01. The van der Waals surface area contributed by atoms with Crippen LogP contribution in [0.15, 0.2) is 36.4 Å². The van der Waals surface area contributed by atoms with Gasteiger partial charge in [-0.05, 0) is 42.7 Å². The molecule has 0 aromatic heterocycles. The molecule has 2 rings (SSSR count). The topological polar surface area (TPSA) is 47.3 Å². The Morgan fingerprint density at radius 3 is 2.55 bits per heavy atom. The van der Waals surface area contributed by atoms with Gasteiger partial charge in [0.15, 0.2) is 11.6 Å². The van der Waals surface area contributed by atoms with E-state index in [9.17, 15) is 4.39 Å². The molecule has 0 radical (unpaired) electrons. The number of benzene rings is 2. The second-order valence-corrected chi connectivity index (χ2v) is 4.85. The van der Waals surface area contributed by atoms with Gasteiger partial charge < -0.3 is 4.74 Å². The quantitative estimate of drug-likeness (QED) is 0.665. The van der Waals surface area contributed by atoms with Gasteiger partial charge in [0.05, 0.1) is 13.2 Å². The molecule has 3 N–H and O–H groups in total. The van der Waals surface area contributed by atoms with Crippen molar-refractivity contribution in [3.8, 4) is 5.75 Å². The molecule has 0 aliphatic carbocycles. The Morgan fingerprint density at radius 2 is 1.90 bits per heavy atom. The van der Waals surface area contributed by atoms with Crippen molar-refractivity contribution < 1.29 is 9.13 Å². The third-order valence-electron chi connectivity index (χ3n) is 3.42. The maximum atomic E-state index is 13.5. The van der Waals surface area contributed by atoms with E-state index in [1.807, 2.05) is 13.8 Å². The van der Waals surface area contributed by atoms with E-state index in [4.69, 9.17) is 10.6 Å². The molecule has 0 amide bonds. The van der Waals surface area contributed by atoms with Gasteiger partial charge in [0.25, 0.3) is 0 Å². The number of nitrogens with two attached hydrogens (primary N) is 1. The van der Waals surface area contributed by atoms with Gasteiger partial charge in [0.1, 0.15) is 0 Å². The van der Waals surface area contributed by atoms with Crippen molar-refractivity contribution in [3.05, 3.63) is 64.5 Å². The first kappa shape index (κ1) is 14.5. The minimum absolute atomic E-state index is 0.204. The predicted octanol–water partition coefficient (Wildman–Crippen LogP) is 3.00. The first-order valence-electron chi connectivity index (χ1n) is 6.43. The van der Waals surface area contributed by atoms with E-state index >= 15 is 0 Å². The zero-order valence-corrected chi connectivity index (χ0v) is 11.9. The van der Waals surface area contributed by atoms with Crippen LogP contribution >= 0.6 is 0 Å². The van der Waals surface area contributed by atoms with Crippen molar-refractivity contribution in [2.24, 2.45) is 5.84 Å². The van der Waals surface area contributed by atoms with Crippen LogP contribution in [0.25, 0.3) is 0 Å². The first-order chi connectivity index (χ1) is 9.56. The lowest BCUT2D eigenvalue weighted by molar-refractivity contribution is 0.385. The number of halogens is 1. The zero-order chi connectivity index (χ0) is 14.7. The van der Waals surface area contributed by atoms with Gasteiger partial charge in [-0.25, -0.2) is 9.82 Å². The highest BCUT2D eigenvalue weighted by Crippen LogP contribution is 2.28. The van der Waals surface area contributed by atoms with E-state index in [-0.39, 0.29) is 17.6 Å². The summed E-state index contributed by atoms with van der Waals surface area (Å²) >= 11 is 0. The number of ether oxygens (including phenoxy) is 1. The summed E-state index contributed by atoms with van der Waals surface area (Å²) in [5, 5.41) is 0. The molecule has 0 aliphatic heterocycles. The van der Waals surface area contributed by atoms with E-state index < -0.39 is 0 Å². The smallest absolute Gasteiger partial charge is 0.165 e. The summed E-state index contributed by atoms with van der Waals surface area (Å²) in [6.45, 7) is 4.06. The summed E-state index contributed by atoms with van der Waals surface area (Å²) < 4.78 is 18.5. The third kappa shape index (κ3) is 2.81. The average molecular weight is 274 g/mol. The molecule has 0 fully saturated rings. The molecular formula is C16H19FN2O. The van der Waals surface area contributed by atoms with Crippen LogP contribution in [-0.4, -0.2) is 7.11 Å². The molecule has 0 spiro atoms. The molecule has 1 unspecified atom stereocenters. The zero-order valence-electron chi connectivity index (χ0n) is 11.9. The number of aryl methyl sites for hydroxylation is 2. The van der Waals surface area contributed by atoms with Crippen LogP contribution in [0.4, 0.5) is 4.39 Å². The lowest BCUT2D eigenvalue weighted by Crippen LogP contribution is -2.29. The van der Waals surface area contributed by atoms with E-state index in [2.05, 4.69) is 23.6 Å². The van der Waals surface area contributed by atoms with E-state index in [1.165, 1.54) is 13.2 Å². The largest absolute Gasteiger partial charge is 0.494 e. The molecule has 4 heteroatoms. The van der Waals surface area contributed by atoms with E-state index in [1.54, 1.807) is 12.1 Å². The molecule has 0 bridgehead atoms. The molecule has 3 nitrogen and oxygen atoms in total. The van der Waals surface area contributed by atoms with Crippen molar-refractivity contribution in [1.82, 2.24) is 5.43 Å². The lowest BCUT2D eigenvalue weighted by atomic mass is 9.94. The molecule has 20 heavy (non-hydrogen) atoms. The van der Waals surface area contributed by atoms with Gasteiger partial charge in [0.2, 0.25) is 0 Å². The van der Waals surface area contributed by atoms with Crippen molar-refractivity contribution in [2.75, 3.05) is 7.11 Å². The van der Waals surface area contributed by atoms with Crippen molar-refractivity contribution >= 4 is 0 Å². The molecular weight excluding hydrogens is 255 g/mol. The van der Waals surface area contributed by atoms with Crippen LogP contribution in [0.5, 0.6) is 5.75 Å². The molecule has 0 saturated heterocycles. The molecule has 0 heterocycles. The molecule has 0 aliphatic rings. The summed E-state index contributed by atoms with van der Waals surface area (Å²) in [6, 6.07) is 10.8. The van der Waals surface area contributed by atoms with Crippen LogP contribution < -0.4 is 16.0 Å². The summed E-state index contributed by atoms with van der Waals surface area (Å²) in [6.07, 6.45) is 0. The Balaban J connectivity index is 2.49. The number of hydrogen-bond acceptors (Lipinski definition) is 3. The predicted molar refractivity (Wildman–Crippen MR) is 78.0 cm³/mol. The third-order valence-corrected chi connectivity index (χ3v) is 3.42. The Hall–Kier alpha value is -1.91.